The van der Waals surface area contributed by atoms with Crippen LogP contribution in [0, 0.1) is 50.2 Å². The SMILES string of the molecule is C/C=C(/C)C(=O)OC1CC(C)(C)CC2C3=CCC4C56CCC(O)(OC5)C(C)(C)C6CCC4(C)C3(C)CCC12C(=O)O. The number of carboxylic acids is 1. The van der Waals surface area contributed by atoms with Crippen LogP contribution in [0.15, 0.2) is 23.3 Å². The zero-order chi connectivity index (χ0) is 30.0. The van der Waals surface area contributed by atoms with E-state index < -0.39 is 29.2 Å². The molecule has 0 aromatic heterocycles. The third-order valence-electron chi connectivity index (χ3n) is 14.5. The summed E-state index contributed by atoms with van der Waals surface area (Å²) in [5, 5.41) is 22.4. The molecule has 228 valence electrons. The maximum Gasteiger partial charge on any atom is 0.333 e. The number of carbonyl (C=O) groups excluding carboxylic acids is 1. The van der Waals surface area contributed by atoms with Gasteiger partial charge in [0.05, 0.1) is 6.61 Å². The van der Waals surface area contributed by atoms with E-state index in [1.807, 2.05) is 6.92 Å². The van der Waals surface area contributed by atoms with Crippen LogP contribution in [-0.2, 0) is 19.1 Å². The molecule has 6 nitrogen and oxygen atoms in total. The maximum absolute atomic E-state index is 13.4. The predicted octanol–water partition coefficient (Wildman–Crippen LogP) is 7.06. The molecule has 0 radical (unpaired) electrons. The summed E-state index contributed by atoms with van der Waals surface area (Å²) in [6.07, 6.45) is 10.9. The fourth-order valence-corrected chi connectivity index (χ4v) is 11.7. The zero-order valence-corrected chi connectivity index (χ0v) is 26.6. The van der Waals surface area contributed by atoms with E-state index in [1.54, 1.807) is 13.0 Å². The number of carbonyl (C=O) groups is 2. The monoisotopic (exact) mass is 568 g/mol. The van der Waals surface area contributed by atoms with E-state index in [2.05, 4.69) is 47.6 Å². The van der Waals surface area contributed by atoms with Crippen LogP contribution < -0.4 is 0 Å². The molecule has 9 unspecified atom stereocenters. The zero-order valence-electron chi connectivity index (χ0n) is 26.6. The molecule has 0 aromatic rings. The number of fused-ring (bicyclic) bond motifs is 7. The van der Waals surface area contributed by atoms with Crippen molar-refractivity contribution in [2.75, 3.05) is 6.61 Å². The van der Waals surface area contributed by atoms with Crippen molar-refractivity contribution in [3.8, 4) is 0 Å². The van der Waals surface area contributed by atoms with Gasteiger partial charge in [0.25, 0.3) is 0 Å². The summed E-state index contributed by atoms with van der Waals surface area (Å²) in [6, 6.07) is 0. The van der Waals surface area contributed by atoms with E-state index in [1.165, 1.54) is 5.57 Å². The van der Waals surface area contributed by atoms with Crippen molar-refractivity contribution >= 4 is 11.9 Å². The second kappa shape index (κ2) is 8.71. The lowest BCUT2D eigenvalue weighted by Gasteiger charge is -2.74. The number of allylic oxidation sites excluding steroid dienone is 3. The minimum Gasteiger partial charge on any atom is -0.481 e. The van der Waals surface area contributed by atoms with Gasteiger partial charge in [0.2, 0.25) is 0 Å². The van der Waals surface area contributed by atoms with Crippen LogP contribution in [0.3, 0.4) is 0 Å². The Hall–Kier alpha value is -1.66. The standard InChI is InChI=1S/C35H52O6/c1-9-21(2)27(36)41-26-19-29(3,4)18-23-22-10-11-25-32(8,31(22,7)14-16-34(23,26)28(37)38)13-12-24-30(5,6)35(39)17-15-33(24,25)20-40-35/h9-10,23-26,39H,11-20H2,1-8H3,(H,37,38)/b21-9-. The highest BCUT2D eigenvalue weighted by molar-refractivity contribution is 5.88. The molecule has 41 heavy (non-hydrogen) atoms. The molecule has 7 rings (SSSR count). The van der Waals surface area contributed by atoms with Crippen LogP contribution >= 0.6 is 0 Å². The largest absolute Gasteiger partial charge is 0.481 e. The Morgan fingerprint density at radius 3 is 2.32 bits per heavy atom. The summed E-state index contributed by atoms with van der Waals surface area (Å²) in [5.74, 6) is -1.60. The quantitative estimate of drug-likeness (QED) is 0.215. The second-order valence-corrected chi connectivity index (χ2v) is 16.7. The number of hydrogen-bond donors (Lipinski definition) is 2. The third kappa shape index (κ3) is 3.50. The Balaban J connectivity index is 1.44. The summed E-state index contributed by atoms with van der Waals surface area (Å²) in [7, 11) is 0. The van der Waals surface area contributed by atoms with E-state index in [4.69, 9.17) is 9.47 Å². The molecule has 6 fully saturated rings. The van der Waals surface area contributed by atoms with Crippen LogP contribution in [0.4, 0.5) is 0 Å². The predicted molar refractivity (Wildman–Crippen MR) is 157 cm³/mol. The number of carboxylic acid groups (broad SMARTS) is 1. The van der Waals surface area contributed by atoms with Crippen molar-refractivity contribution < 1.29 is 29.3 Å². The molecule has 6 heteroatoms. The molecule has 0 aromatic carbocycles. The summed E-state index contributed by atoms with van der Waals surface area (Å²) >= 11 is 0. The lowest BCUT2D eigenvalue weighted by molar-refractivity contribution is -0.395. The van der Waals surface area contributed by atoms with Crippen molar-refractivity contribution in [3.05, 3.63) is 23.3 Å². The number of ether oxygens (including phenoxy) is 2. The molecule has 2 heterocycles. The molecular weight excluding hydrogens is 516 g/mol. The fraction of sp³-hybridized carbons (Fsp3) is 0.829. The lowest BCUT2D eigenvalue weighted by atomic mass is 9.32. The molecular formula is C35H52O6. The van der Waals surface area contributed by atoms with Gasteiger partial charge in [0.15, 0.2) is 5.79 Å². The van der Waals surface area contributed by atoms with E-state index in [0.717, 1.165) is 38.5 Å². The Labute approximate surface area is 246 Å². The van der Waals surface area contributed by atoms with Crippen molar-refractivity contribution in [2.24, 2.45) is 50.2 Å². The molecule has 2 N–H and O–H groups in total. The smallest absolute Gasteiger partial charge is 0.333 e. The lowest BCUT2D eigenvalue weighted by Crippen LogP contribution is -2.73. The first-order chi connectivity index (χ1) is 18.9. The highest BCUT2D eigenvalue weighted by Crippen LogP contribution is 2.78. The van der Waals surface area contributed by atoms with Gasteiger partial charge in [0.1, 0.15) is 11.5 Å². The Morgan fingerprint density at radius 1 is 1.00 bits per heavy atom. The van der Waals surface area contributed by atoms with Gasteiger partial charge in [-0.2, -0.15) is 0 Å². The van der Waals surface area contributed by atoms with Crippen molar-refractivity contribution in [2.45, 2.75) is 125 Å². The average Bonchev–Trinajstić information content (AvgIpc) is 2.88. The second-order valence-electron chi connectivity index (χ2n) is 16.7. The van der Waals surface area contributed by atoms with Crippen molar-refractivity contribution in [1.29, 1.82) is 0 Å². The molecule has 9 atom stereocenters. The van der Waals surface area contributed by atoms with Gasteiger partial charge in [-0.1, -0.05) is 59.3 Å². The van der Waals surface area contributed by atoms with Gasteiger partial charge in [0, 0.05) is 28.7 Å². The van der Waals surface area contributed by atoms with Gasteiger partial charge < -0.3 is 19.7 Å². The molecule has 2 aliphatic heterocycles. The number of aliphatic carboxylic acids is 1. The molecule has 0 amide bonds. The van der Waals surface area contributed by atoms with Crippen molar-refractivity contribution in [1.82, 2.24) is 0 Å². The summed E-state index contributed by atoms with van der Waals surface area (Å²) in [4.78, 5) is 26.4. The molecule has 2 saturated heterocycles. The first-order valence-electron chi connectivity index (χ1n) is 16.1. The molecule has 4 saturated carbocycles. The van der Waals surface area contributed by atoms with Crippen molar-refractivity contribution in [3.63, 3.8) is 0 Å². The normalized spacial score (nSPS) is 49.5. The minimum absolute atomic E-state index is 0.000216. The highest BCUT2D eigenvalue weighted by atomic mass is 16.6. The summed E-state index contributed by atoms with van der Waals surface area (Å²) in [5.41, 5.74) is 0.153. The van der Waals surface area contributed by atoms with E-state index in [-0.39, 0.29) is 33.0 Å². The Bertz CT molecular complexity index is 1220. The van der Waals surface area contributed by atoms with Crippen LogP contribution in [0.2, 0.25) is 0 Å². The average molecular weight is 569 g/mol. The first kappa shape index (κ1) is 29.4. The topological polar surface area (TPSA) is 93.1 Å². The van der Waals surface area contributed by atoms with E-state index in [9.17, 15) is 19.8 Å². The van der Waals surface area contributed by atoms with Crippen LogP contribution in [0.25, 0.3) is 0 Å². The summed E-state index contributed by atoms with van der Waals surface area (Å²) < 4.78 is 12.5. The van der Waals surface area contributed by atoms with Gasteiger partial charge in [-0.15, -0.1) is 0 Å². The number of hydrogen-bond acceptors (Lipinski definition) is 5. The van der Waals surface area contributed by atoms with Gasteiger partial charge in [-0.25, -0.2) is 4.79 Å². The third-order valence-corrected chi connectivity index (χ3v) is 14.5. The summed E-state index contributed by atoms with van der Waals surface area (Å²) in [6.45, 7) is 17.9. The Kier molecular flexibility index (Phi) is 6.25. The molecule has 5 aliphatic carbocycles. The van der Waals surface area contributed by atoms with Crippen LogP contribution in [0.1, 0.15) is 113 Å². The Morgan fingerprint density at radius 2 is 1.71 bits per heavy atom. The molecule has 1 spiro atoms. The van der Waals surface area contributed by atoms with Crippen LogP contribution in [-0.4, -0.2) is 40.6 Å². The number of esters is 1. The van der Waals surface area contributed by atoms with Gasteiger partial charge in [-0.3, -0.25) is 4.79 Å². The van der Waals surface area contributed by atoms with E-state index >= 15 is 0 Å². The molecule has 7 aliphatic rings. The van der Waals surface area contributed by atoms with E-state index in [0.29, 0.717) is 43.3 Å². The van der Waals surface area contributed by atoms with Crippen LogP contribution in [0.5, 0.6) is 0 Å². The number of aliphatic hydroxyl groups is 1. The minimum atomic E-state index is -1.11. The molecule has 2 bridgehead atoms. The van der Waals surface area contributed by atoms with Gasteiger partial charge >= 0.3 is 11.9 Å². The number of rotatable bonds is 3. The highest BCUT2D eigenvalue weighted by Gasteiger charge is 2.75. The first-order valence-corrected chi connectivity index (χ1v) is 16.1. The fourth-order valence-electron chi connectivity index (χ4n) is 11.7. The van der Waals surface area contributed by atoms with Gasteiger partial charge in [-0.05, 0) is 93.3 Å². The maximum atomic E-state index is 13.4.